The minimum atomic E-state index is -3.73. The first kappa shape index (κ1) is 15.8. The number of carbonyl (C=O) groups is 1. The minimum Gasteiger partial charge on any atom is -0.497 e. The Morgan fingerprint density at radius 2 is 1.84 bits per heavy atom. The van der Waals surface area contributed by atoms with Crippen molar-refractivity contribution in [3.05, 3.63) is 24.3 Å². The summed E-state index contributed by atoms with van der Waals surface area (Å²) >= 11 is 0.525. The molecule has 0 aliphatic rings. The number of rotatable bonds is 5. The molecule has 1 rings (SSSR count). The van der Waals surface area contributed by atoms with E-state index >= 15 is 0 Å². The number of hydrogen-bond acceptors (Lipinski definition) is 7. The quantitative estimate of drug-likeness (QED) is 0.497. The van der Waals surface area contributed by atoms with Gasteiger partial charge in [0, 0.05) is 7.05 Å². The third-order valence-electron chi connectivity index (χ3n) is 2.14. The van der Waals surface area contributed by atoms with Crippen molar-refractivity contribution in [1.29, 1.82) is 0 Å². The summed E-state index contributed by atoms with van der Waals surface area (Å²) in [6.45, 7) is 0. The molecule has 0 fully saturated rings. The highest BCUT2D eigenvalue weighted by atomic mass is 32.2. The molecule has 106 valence electrons. The minimum absolute atomic E-state index is 0.0776. The third-order valence-corrected chi connectivity index (χ3v) is 4.64. The van der Waals surface area contributed by atoms with Crippen molar-refractivity contribution in [2.45, 2.75) is 4.90 Å². The monoisotopic (exact) mass is 306 g/mol. The van der Waals surface area contributed by atoms with Gasteiger partial charge in [-0.2, -0.15) is 4.83 Å². The number of hydrazine groups is 1. The Morgan fingerprint density at radius 1 is 1.26 bits per heavy atom. The number of nitrogens with zero attached hydrogens (tertiary/aromatic N) is 1. The van der Waals surface area contributed by atoms with E-state index in [9.17, 15) is 13.2 Å². The predicted molar refractivity (Wildman–Crippen MR) is 71.1 cm³/mol. The maximum Gasteiger partial charge on any atom is 0.383 e. The molecule has 0 radical (unpaired) electrons. The van der Waals surface area contributed by atoms with E-state index in [2.05, 4.69) is 9.57 Å². The van der Waals surface area contributed by atoms with Crippen molar-refractivity contribution in [3.8, 4) is 5.75 Å². The SMILES string of the molecule is COC(=O)SNN(C)S(=O)(=O)c1ccc(OC)cc1. The standard InChI is InChI=1S/C10H14N2O5S2/c1-12(11-18-10(13)17-3)19(14,15)9-6-4-8(16-2)5-7-9/h4-7,11H,1-3H3. The van der Waals surface area contributed by atoms with E-state index in [-0.39, 0.29) is 4.90 Å². The van der Waals surface area contributed by atoms with Gasteiger partial charge in [0.2, 0.25) is 0 Å². The molecule has 0 unspecified atom stereocenters. The molecular formula is C10H14N2O5S2. The van der Waals surface area contributed by atoms with Crippen molar-refractivity contribution in [2.75, 3.05) is 21.3 Å². The Labute approximate surface area is 116 Å². The summed E-state index contributed by atoms with van der Waals surface area (Å²) in [5, 5.41) is -0.642. The molecule has 0 saturated heterocycles. The zero-order valence-corrected chi connectivity index (χ0v) is 12.2. The fraction of sp³-hybridized carbons (Fsp3) is 0.300. The Balaban J connectivity index is 2.81. The average molecular weight is 306 g/mol. The van der Waals surface area contributed by atoms with Gasteiger partial charge in [-0.1, -0.05) is 0 Å². The van der Waals surface area contributed by atoms with Crippen LogP contribution in [0.2, 0.25) is 0 Å². The highest BCUT2D eigenvalue weighted by Crippen LogP contribution is 2.18. The largest absolute Gasteiger partial charge is 0.497 e. The summed E-state index contributed by atoms with van der Waals surface area (Å²) in [5.41, 5.74) is 0. The molecule has 0 spiro atoms. The fourth-order valence-electron chi connectivity index (χ4n) is 1.10. The summed E-state index contributed by atoms with van der Waals surface area (Å²) in [7, 11) is 0.251. The number of methoxy groups -OCH3 is 2. The van der Waals surface area contributed by atoms with Crippen LogP contribution in [-0.4, -0.2) is 39.4 Å². The molecule has 0 aromatic heterocycles. The molecule has 19 heavy (non-hydrogen) atoms. The number of benzene rings is 1. The summed E-state index contributed by atoms with van der Waals surface area (Å²) in [4.78, 5) is 13.3. The second kappa shape index (κ2) is 6.75. The zero-order chi connectivity index (χ0) is 14.5. The lowest BCUT2D eigenvalue weighted by atomic mass is 10.3. The molecule has 0 amide bonds. The van der Waals surface area contributed by atoms with Crippen molar-refractivity contribution >= 4 is 27.3 Å². The first-order valence-corrected chi connectivity index (χ1v) is 7.31. The Morgan fingerprint density at radius 3 is 2.32 bits per heavy atom. The molecule has 0 saturated carbocycles. The predicted octanol–water partition coefficient (Wildman–Crippen LogP) is 1.23. The van der Waals surface area contributed by atoms with Crippen LogP contribution >= 0.6 is 11.9 Å². The maximum absolute atomic E-state index is 12.1. The molecular weight excluding hydrogens is 292 g/mol. The zero-order valence-electron chi connectivity index (χ0n) is 10.6. The van der Waals surface area contributed by atoms with E-state index in [1.807, 2.05) is 0 Å². The van der Waals surface area contributed by atoms with E-state index < -0.39 is 15.3 Å². The lowest BCUT2D eigenvalue weighted by molar-refractivity contribution is 0.200. The number of sulfonamides is 1. The molecule has 1 aromatic rings. The summed E-state index contributed by atoms with van der Waals surface area (Å²) in [5.74, 6) is 0.554. The maximum atomic E-state index is 12.1. The fourth-order valence-corrected chi connectivity index (χ4v) is 2.69. The molecule has 1 N–H and O–H groups in total. The van der Waals surface area contributed by atoms with Crippen LogP contribution in [0, 0.1) is 0 Å². The van der Waals surface area contributed by atoms with Gasteiger partial charge in [0.05, 0.1) is 31.1 Å². The van der Waals surface area contributed by atoms with Gasteiger partial charge in [-0.3, -0.25) is 0 Å². The van der Waals surface area contributed by atoms with Gasteiger partial charge < -0.3 is 9.47 Å². The molecule has 0 aliphatic heterocycles. The molecule has 0 bridgehead atoms. The van der Waals surface area contributed by atoms with E-state index in [1.165, 1.54) is 45.5 Å². The van der Waals surface area contributed by atoms with Crippen LogP contribution in [0.1, 0.15) is 0 Å². The Hall–Kier alpha value is -1.29. The second-order valence-electron chi connectivity index (χ2n) is 3.30. The first-order chi connectivity index (χ1) is 8.91. The molecule has 0 heterocycles. The normalized spacial score (nSPS) is 11.4. The lowest BCUT2D eigenvalue weighted by Crippen LogP contribution is -2.36. The molecule has 0 atom stereocenters. The Kier molecular flexibility index (Phi) is 5.60. The number of hydrogen-bond donors (Lipinski definition) is 1. The van der Waals surface area contributed by atoms with Gasteiger partial charge in [0.1, 0.15) is 5.75 Å². The van der Waals surface area contributed by atoms with E-state index in [1.54, 1.807) is 0 Å². The topological polar surface area (TPSA) is 84.9 Å². The van der Waals surface area contributed by atoms with Crippen LogP contribution in [0.25, 0.3) is 0 Å². The molecule has 9 heteroatoms. The highest BCUT2D eigenvalue weighted by molar-refractivity contribution is 8.11. The summed E-state index contributed by atoms with van der Waals surface area (Å²) in [6.07, 6.45) is 0. The van der Waals surface area contributed by atoms with Gasteiger partial charge >= 0.3 is 5.30 Å². The van der Waals surface area contributed by atoms with Crippen LogP contribution in [0.15, 0.2) is 29.2 Å². The van der Waals surface area contributed by atoms with Gasteiger partial charge in [-0.25, -0.2) is 13.2 Å². The Bertz CT molecular complexity index is 529. The first-order valence-electron chi connectivity index (χ1n) is 5.05. The van der Waals surface area contributed by atoms with Crippen molar-refractivity contribution in [1.82, 2.24) is 9.25 Å². The third kappa shape index (κ3) is 4.10. The van der Waals surface area contributed by atoms with Gasteiger partial charge in [0.15, 0.2) is 0 Å². The van der Waals surface area contributed by atoms with Crippen molar-refractivity contribution in [3.63, 3.8) is 0 Å². The average Bonchev–Trinajstić information content (AvgIpc) is 2.44. The summed E-state index contributed by atoms with van der Waals surface area (Å²) < 4.78 is 34.3. The van der Waals surface area contributed by atoms with Crippen LogP contribution in [0.4, 0.5) is 4.79 Å². The van der Waals surface area contributed by atoms with Gasteiger partial charge in [-0.15, -0.1) is 4.41 Å². The molecule has 7 nitrogen and oxygen atoms in total. The lowest BCUT2D eigenvalue weighted by Gasteiger charge is -2.16. The van der Waals surface area contributed by atoms with E-state index in [0.717, 1.165) is 4.41 Å². The highest BCUT2D eigenvalue weighted by Gasteiger charge is 2.21. The van der Waals surface area contributed by atoms with E-state index in [4.69, 9.17) is 4.74 Å². The van der Waals surface area contributed by atoms with Crippen LogP contribution in [-0.2, 0) is 14.8 Å². The smallest absolute Gasteiger partial charge is 0.383 e. The second-order valence-corrected chi connectivity index (χ2v) is 5.98. The molecule has 1 aromatic carbocycles. The molecule has 0 aliphatic carbocycles. The van der Waals surface area contributed by atoms with Crippen LogP contribution in [0.5, 0.6) is 5.75 Å². The van der Waals surface area contributed by atoms with Crippen molar-refractivity contribution in [2.24, 2.45) is 0 Å². The number of nitrogens with one attached hydrogen (secondary N) is 1. The summed E-state index contributed by atoms with van der Waals surface area (Å²) in [6, 6.07) is 5.90. The van der Waals surface area contributed by atoms with E-state index in [0.29, 0.717) is 17.7 Å². The number of carbonyl (C=O) groups excluding carboxylic acids is 1. The van der Waals surface area contributed by atoms with Gasteiger partial charge in [-0.05, 0) is 24.3 Å². The van der Waals surface area contributed by atoms with Gasteiger partial charge in [0.25, 0.3) is 10.0 Å². The van der Waals surface area contributed by atoms with Crippen molar-refractivity contribution < 1.29 is 22.7 Å². The van der Waals surface area contributed by atoms with Crippen LogP contribution < -0.4 is 9.57 Å². The van der Waals surface area contributed by atoms with Crippen LogP contribution in [0.3, 0.4) is 0 Å². The number of ether oxygens (including phenoxy) is 2.